The SMILES string of the molecule is O=C(NCc1cc(Cl)ccc1Cl)[C@@H]1CCCN1C(=O)[C@@H](NCc1ccc(CO)o1)C1CCCCC1. The molecule has 2 heterocycles. The third-order valence-electron chi connectivity index (χ3n) is 7.06. The van der Waals surface area contributed by atoms with Crippen molar-refractivity contribution in [3.8, 4) is 0 Å². The lowest BCUT2D eigenvalue weighted by Gasteiger charge is -2.34. The maximum absolute atomic E-state index is 13.8. The Morgan fingerprint density at radius 1 is 1.03 bits per heavy atom. The number of nitrogens with one attached hydrogen (secondary N) is 2. The Balaban J connectivity index is 1.43. The Labute approximate surface area is 216 Å². The monoisotopic (exact) mass is 521 g/mol. The fourth-order valence-corrected chi connectivity index (χ4v) is 5.58. The zero-order valence-electron chi connectivity index (χ0n) is 19.8. The molecular formula is C26H33Cl2N3O4. The van der Waals surface area contributed by atoms with Gasteiger partial charge < -0.3 is 19.7 Å². The summed E-state index contributed by atoms with van der Waals surface area (Å²) in [6, 6.07) is 7.82. The average Bonchev–Trinajstić information content (AvgIpc) is 3.55. The Bertz CT molecular complexity index is 1020. The molecule has 1 saturated carbocycles. The van der Waals surface area contributed by atoms with Crippen molar-refractivity contribution < 1.29 is 19.1 Å². The number of hydrogen-bond donors (Lipinski definition) is 3. The first kappa shape index (κ1) is 26.0. The fraction of sp³-hybridized carbons (Fsp3) is 0.538. The Morgan fingerprint density at radius 2 is 1.80 bits per heavy atom. The molecule has 4 rings (SSSR count). The molecule has 2 aromatic rings. The third kappa shape index (κ3) is 6.58. The number of nitrogens with zero attached hydrogens (tertiary/aromatic N) is 1. The number of likely N-dealkylation sites (tertiary alicyclic amines) is 1. The van der Waals surface area contributed by atoms with Crippen LogP contribution in [0.2, 0.25) is 10.0 Å². The number of furan rings is 1. The molecule has 1 aliphatic heterocycles. The fourth-order valence-electron chi connectivity index (χ4n) is 5.20. The van der Waals surface area contributed by atoms with Gasteiger partial charge in [-0.3, -0.25) is 14.9 Å². The first-order chi connectivity index (χ1) is 17.0. The Kier molecular flexibility index (Phi) is 9.11. The maximum atomic E-state index is 13.8. The molecule has 0 spiro atoms. The zero-order chi connectivity index (χ0) is 24.8. The highest BCUT2D eigenvalue weighted by Crippen LogP contribution is 2.30. The van der Waals surface area contributed by atoms with E-state index in [1.807, 2.05) is 6.07 Å². The van der Waals surface area contributed by atoms with Crippen LogP contribution in [0.3, 0.4) is 0 Å². The van der Waals surface area contributed by atoms with Crippen LogP contribution in [0.1, 0.15) is 62.0 Å². The van der Waals surface area contributed by atoms with Crippen LogP contribution in [0.5, 0.6) is 0 Å². The van der Waals surface area contributed by atoms with Crippen molar-refractivity contribution in [2.45, 2.75) is 76.7 Å². The molecule has 1 aromatic carbocycles. The number of amides is 2. The van der Waals surface area contributed by atoms with Gasteiger partial charge in [-0.2, -0.15) is 0 Å². The van der Waals surface area contributed by atoms with E-state index in [1.54, 1.807) is 29.2 Å². The molecule has 2 amide bonds. The molecule has 0 radical (unpaired) electrons. The summed E-state index contributed by atoms with van der Waals surface area (Å²) >= 11 is 12.3. The first-order valence-corrected chi connectivity index (χ1v) is 13.2. The van der Waals surface area contributed by atoms with Gasteiger partial charge >= 0.3 is 0 Å². The van der Waals surface area contributed by atoms with Gasteiger partial charge in [0.1, 0.15) is 24.2 Å². The van der Waals surface area contributed by atoms with E-state index < -0.39 is 6.04 Å². The second-order valence-electron chi connectivity index (χ2n) is 9.43. The highest BCUT2D eigenvalue weighted by Gasteiger charge is 2.39. The lowest BCUT2D eigenvalue weighted by atomic mass is 9.83. The largest absolute Gasteiger partial charge is 0.462 e. The van der Waals surface area contributed by atoms with Crippen molar-refractivity contribution in [1.29, 1.82) is 0 Å². The molecule has 35 heavy (non-hydrogen) atoms. The van der Waals surface area contributed by atoms with Gasteiger partial charge in [-0.05, 0) is 67.5 Å². The number of rotatable bonds is 9. The lowest BCUT2D eigenvalue weighted by molar-refractivity contribution is -0.141. The van der Waals surface area contributed by atoms with Crippen LogP contribution in [-0.4, -0.2) is 40.4 Å². The van der Waals surface area contributed by atoms with E-state index >= 15 is 0 Å². The van der Waals surface area contributed by atoms with Gasteiger partial charge in [-0.1, -0.05) is 42.5 Å². The van der Waals surface area contributed by atoms with Gasteiger partial charge in [0.25, 0.3) is 0 Å². The minimum absolute atomic E-state index is 0.0238. The molecule has 3 N–H and O–H groups in total. The molecule has 9 heteroatoms. The molecule has 0 unspecified atom stereocenters. The summed E-state index contributed by atoms with van der Waals surface area (Å²) in [5.74, 6) is 1.20. The minimum Gasteiger partial charge on any atom is -0.462 e. The standard InChI is InChI=1S/C26H33Cl2N3O4/c27-19-8-11-22(28)18(13-19)14-30-25(33)23-7-4-12-31(23)26(34)24(17-5-2-1-3-6-17)29-15-20-9-10-21(16-32)35-20/h8-11,13,17,23-24,29,32H,1-7,12,14-16H2,(H,30,33)/t23-,24-/m0/s1. The lowest BCUT2D eigenvalue weighted by Crippen LogP contribution is -2.54. The van der Waals surface area contributed by atoms with E-state index in [0.717, 1.165) is 37.7 Å². The van der Waals surface area contributed by atoms with Crippen LogP contribution >= 0.6 is 23.2 Å². The summed E-state index contributed by atoms with van der Waals surface area (Å²) in [5, 5.41) is 16.7. The molecule has 7 nitrogen and oxygen atoms in total. The highest BCUT2D eigenvalue weighted by atomic mass is 35.5. The van der Waals surface area contributed by atoms with Gasteiger partial charge in [0.2, 0.25) is 11.8 Å². The van der Waals surface area contributed by atoms with Crippen molar-refractivity contribution in [3.63, 3.8) is 0 Å². The van der Waals surface area contributed by atoms with E-state index in [1.165, 1.54) is 6.42 Å². The van der Waals surface area contributed by atoms with E-state index in [9.17, 15) is 14.7 Å². The van der Waals surface area contributed by atoms with Crippen molar-refractivity contribution in [3.05, 3.63) is 57.5 Å². The van der Waals surface area contributed by atoms with Crippen LogP contribution in [-0.2, 0) is 29.3 Å². The van der Waals surface area contributed by atoms with E-state index in [4.69, 9.17) is 27.6 Å². The van der Waals surface area contributed by atoms with E-state index in [0.29, 0.717) is 41.1 Å². The van der Waals surface area contributed by atoms with Crippen molar-refractivity contribution in [1.82, 2.24) is 15.5 Å². The van der Waals surface area contributed by atoms with Crippen LogP contribution in [0, 0.1) is 5.92 Å². The summed E-state index contributed by atoms with van der Waals surface area (Å²) in [6.07, 6.45) is 6.80. The third-order valence-corrected chi connectivity index (χ3v) is 7.66. The molecule has 1 saturated heterocycles. The molecule has 1 aliphatic carbocycles. The smallest absolute Gasteiger partial charge is 0.243 e. The predicted octanol–water partition coefficient (Wildman–Crippen LogP) is 4.42. The highest BCUT2D eigenvalue weighted by molar-refractivity contribution is 6.33. The molecule has 0 bridgehead atoms. The zero-order valence-corrected chi connectivity index (χ0v) is 21.3. The average molecular weight is 522 g/mol. The second-order valence-corrected chi connectivity index (χ2v) is 10.3. The van der Waals surface area contributed by atoms with Gasteiger partial charge in [-0.15, -0.1) is 0 Å². The van der Waals surface area contributed by atoms with Gasteiger partial charge in [0.05, 0.1) is 12.6 Å². The summed E-state index contributed by atoms with van der Waals surface area (Å²) in [7, 11) is 0. The van der Waals surface area contributed by atoms with Crippen molar-refractivity contribution in [2.24, 2.45) is 5.92 Å². The Hall–Kier alpha value is -2.06. The number of hydrogen-bond acceptors (Lipinski definition) is 5. The number of benzene rings is 1. The summed E-state index contributed by atoms with van der Waals surface area (Å²) < 4.78 is 5.61. The molecule has 1 aromatic heterocycles. The number of carbonyl (C=O) groups excluding carboxylic acids is 2. The predicted molar refractivity (Wildman–Crippen MR) is 135 cm³/mol. The van der Waals surface area contributed by atoms with E-state index in [-0.39, 0.29) is 36.9 Å². The van der Waals surface area contributed by atoms with Crippen molar-refractivity contribution >= 4 is 35.0 Å². The van der Waals surface area contributed by atoms with Crippen LogP contribution in [0.15, 0.2) is 34.7 Å². The number of halogens is 2. The molecule has 2 atom stereocenters. The van der Waals surface area contributed by atoms with Gasteiger partial charge in [0.15, 0.2) is 0 Å². The normalized spacial score (nSPS) is 19.6. The van der Waals surface area contributed by atoms with Crippen LogP contribution < -0.4 is 10.6 Å². The summed E-state index contributed by atoms with van der Waals surface area (Å²) in [4.78, 5) is 28.6. The molecular weight excluding hydrogens is 489 g/mol. The number of carbonyl (C=O) groups is 2. The number of aliphatic hydroxyl groups excluding tert-OH is 1. The molecule has 190 valence electrons. The molecule has 2 aliphatic rings. The minimum atomic E-state index is -0.502. The van der Waals surface area contributed by atoms with Gasteiger partial charge in [0, 0.05) is 23.1 Å². The topological polar surface area (TPSA) is 94.8 Å². The van der Waals surface area contributed by atoms with E-state index in [2.05, 4.69) is 10.6 Å². The molecule has 2 fully saturated rings. The summed E-state index contributed by atoms with van der Waals surface area (Å²) in [6.45, 7) is 1.06. The van der Waals surface area contributed by atoms with Crippen LogP contribution in [0.25, 0.3) is 0 Å². The first-order valence-electron chi connectivity index (χ1n) is 12.4. The maximum Gasteiger partial charge on any atom is 0.243 e. The van der Waals surface area contributed by atoms with Gasteiger partial charge in [-0.25, -0.2) is 0 Å². The Morgan fingerprint density at radius 3 is 2.54 bits per heavy atom. The quantitative estimate of drug-likeness (QED) is 0.453. The second kappa shape index (κ2) is 12.3. The summed E-state index contributed by atoms with van der Waals surface area (Å²) in [5.41, 5.74) is 0.742. The van der Waals surface area contributed by atoms with Crippen LogP contribution in [0.4, 0.5) is 0 Å². The number of aliphatic hydroxyl groups is 1. The van der Waals surface area contributed by atoms with Crippen molar-refractivity contribution in [2.75, 3.05) is 6.54 Å².